The molecule has 1 aliphatic rings. The molecule has 0 aromatic heterocycles. The van der Waals surface area contributed by atoms with Crippen LogP contribution in [-0.2, 0) is 11.3 Å². The van der Waals surface area contributed by atoms with E-state index in [1.165, 1.54) is 12.1 Å². The first kappa shape index (κ1) is 17.9. The number of likely N-dealkylation sites (tertiary alicyclic amines) is 1. The van der Waals surface area contributed by atoms with Gasteiger partial charge < -0.3 is 15.0 Å². The Morgan fingerprint density at radius 1 is 1.27 bits per heavy atom. The Morgan fingerprint density at radius 3 is 2.65 bits per heavy atom. The third-order valence-corrected chi connectivity index (χ3v) is 4.49. The summed E-state index contributed by atoms with van der Waals surface area (Å²) in [4.78, 5) is 26.3. The van der Waals surface area contributed by atoms with E-state index < -0.39 is 0 Å². The summed E-state index contributed by atoms with van der Waals surface area (Å²) < 4.78 is 18.2. The summed E-state index contributed by atoms with van der Waals surface area (Å²) in [5, 5.41) is 2.91. The van der Waals surface area contributed by atoms with Gasteiger partial charge in [0.1, 0.15) is 11.6 Å². The summed E-state index contributed by atoms with van der Waals surface area (Å²) in [7, 11) is 1.59. The van der Waals surface area contributed by atoms with E-state index in [0.717, 1.165) is 16.9 Å². The number of hydrogen-bond acceptors (Lipinski definition) is 3. The lowest BCUT2D eigenvalue weighted by molar-refractivity contribution is -0.128. The van der Waals surface area contributed by atoms with Crippen molar-refractivity contribution in [3.05, 3.63) is 65.0 Å². The molecule has 2 amide bonds. The van der Waals surface area contributed by atoms with Crippen LogP contribution in [0.3, 0.4) is 0 Å². The number of ether oxygens (including phenoxy) is 1. The van der Waals surface area contributed by atoms with Gasteiger partial charge in [0, 0.05) is 25.1 Å². The molecule has 5 nitrogen and oxygen atoms in total. The van der Waals surface area contributed by atoms with Gasteiger partial charge in [0.15, 0.2) is 0 Å². The fourth-order valence-corrected chi connectivity index (χ4v) is 3.12. The summed E-state index contributed by atoms with van der Waals surface area (Å²) in [6, 6.07) is 11.1. The van der Waals surface area contributed by atoms with Gasteiger partial charge in [-0.25, -0.2) is 4.39 Å². The van der Waals surface area contributed by atoms with Crippen molar-refractivity contribution in [3.63, 3.8) is 0 Å². The highest BCUT2D eigenvalue weighted by Gasteiger charge is 2.30. The van der Waals surface area contributed by atoms with E-state index in [1.807, 2.05) is 6.92 Å². The summed E-state index contributed by atoms with van der Waals surface area (Å²) in [5.74, 6) is 0.187. The van der Waals surface area contributed by atoms with Crippen LogP contribution in [0.2, 0.25) is 0 Å². The molecule has 1 fully saturated rings. The predicted molar refractivity (Wildman–Crippen MR) is 95.4 cm³/mol. The number of benzene rings is 2. The zero-order valence-electron chi connectivity index (χ0n) is 14.8. The average molecular weight is 356 g/mol. The second-order valence-electron chi connectivity index (χ2n) is 6.46. The molecule has 2 aromatic carbocycles. The Balaban J connectivity index is 1.60. The van der Waals surface area contributed by atoms with Crippen molar-refractivity contribution >= 4 is 11.8 Å². The van der Waals surface area contributed by atoms with E-state index in [1.54, 1.807) is 42.3 Å². The van der Waals surface area contributed by atoms with Crippen LogP contribution in [0, 0.1) is 12.7 Å². The van der Waals surface area contributed by atoms with Gasteiger partial charge in [-0.05, 0) is 48.4 Å². The molecule has 2 aromatic rings. The number of hydrogen-bond donors (Lipinski definition) is 1. The normalized spacial score (nSPS) is 16.7. The second kappa shape index (κ2) is 7.56. The SMILES string of the molecule is COc1ccc(C(=O)N[C@@H]2CC(=O)N(Cc3ccc(F)cc3)C2)cc1C. The van der Waals surface area contributed by atoms with Gasteiger partial charge in [-0.15, -0.1) is 0 Å². The van der Waals surface area contributed by atoms with Crippen molar-refractivity contribution in [1.82, 2.24) is 10.2 Å². The lowest BCUT2D eigenvalue weighted by Crippen LogP contribution is -2.37. The minimum Gasteiger partial charge on any atom is -0.496 e. The molecule has 1 N–H and O–H groups in total. The first-order valence-corrected chi connectivity index (χ1v) is 8.44. The molecule has 0 aliphatic carbocycles. The maximum absolute atomic E-state index is 13.0. The summed E-state index contributed by atoms with van der Waals surface area (Å²) >= 11 is 0. The van der Waals surface area contributed by atoms with Crippen LogP contribution in [0.5, 0.6) is 5.75 Å². The monoisotopic (exact) mass is 356 g/mol. The highest BCUT2D eigenvalue weighted by molar-refractivity contribution is 5.95. The van der Waals surface area contributed by atoms with Crippen LogP contribution >= 0.6 is 0 Å². The number of aryl methyl sites for hydroxylation is 1. The molecule has 0 saturated carbocycles. The minimum absolute atomic E-state index is 0.0227. The molecule has 26 heavy (non-hydrogen) atoms. The van der Waals surface area contributed by atoms with Gasteiger partial charge in [0.05, 0.1) is 13.2 Å². The summed E-state index contributed by atoms with van der Waals surface area (Å²) in [6.45, 7) is 2.73. The van der Waals surface area contributed by atoms with Crippen molar-refractivity contribution in [3.8, 4) is 5.75 Å². The molecule has 0 bridgehead atoms. The van der Waals surface area contributed by atoms with Crippen LogP contribution in [0.15, 0.2) is 42.5 Å². The van der Waals surface area contributed by atoms with Crippen molar-refractivity contribution in [2.75, 3.05) is 13.7 Å². The Hall–Kier alpha value is -2.89. The van der Waals surface area contributed by atoms with E-state index in [2.05, 4.69) is 5.32 Å². The predicted octanol–water partition coefficient (Wildman–Crippen LogP) is 2.67. The molecule has 1 saturated heterocycles. The van der Waals surface area contributed by atoms with E-state index >= 15 is 0 Å². The number of methoxy groups -OCH3 is 1. The fourth-order valence-electron chi connectivity index (χ4n) is 3.12. The van der Waals surface area contributed by atoms with Gasteiger partial charge in [-0.2, -0.15) is 0 Å². The fraction of sp³-hybridized carbons (Fsp3) is 0.300. The minimum atomic E-state index is -0.304. The molecule has 1 heterocycles. The number of carbonyl (C=O) groups is 2. The highest BCUT2D eigenvalue weighted by atomic mass is 19.1. The lowest BCUT2D eigenvalue weighted by Gasteiger charge is -2.17. The van der Waals surface area contributed by atoms with Crippen molar-refractivity contribution in [1.29, 1.82) is 0 Å². The highest BCUT2D eigenvalue weighted by Crippen LogP contribution is 2.20. The third-order valence-electron chi connectivity index (χ3n) is 4.49. The van der Waals surface area contributed by atoms with Gasteiger partial charge in [0.25, 0.3) is 5.91 Å². The van der Waals surface area contributed by atoms with E-state index in [9.17, 15) is 14.0 Å². The molecule has 3 rings (SSSR count). The van der Waals surface area contributed by atoms with Gasteiger partial charge >= 0.3 is 0 Å². The molecule has 1 aliphatic heterocycles. The quantitative estimate of drug-likeness (QED) is 0.896. The van der Waals surface area contributed by atoms with Crippen molar-refractivity contribution in [2.45, 2.75) is 25.9 Å². The van der Waals surface area contributed by atoms with Gasteiger partial charge in [-0.1, -0.05) is 12.1 Å². The molecule has 0 unspecified atom stereocenters. The van der Waals surface area contributed by atoms with Crippen LogP contribution in [0.25, 0.3) is 0 Å². The van der Waals surface area contributed by atoms with E-state index in [-0.39, 0.29) is 30.1 Å². The largest absolute Gasteiger partial charge is 0.496 e. The van der Waals surface area contributed by atoms with E-state index in [4.69, 9.17) is 4.74 Å². The first-order valence-electron chi connectivity index (χ1n) is 8.44. The van der Waals surface area contributed by atoms with Gasteiger partial charge in [-0.3, -0.25) is 9.59 Å². The van der Waals surface area contributed by atoms with Crippen molar-refractivity contribution < 1.29 is 18.7 Å². The maximum Gasteiger partial charge on any atom is 0.251 e. The molecule has 0 radical (unpaired) electrons. The number of halogens is 1. The number of rotatable bonds is 5. The Morgan fingerprint density at radius 2 is 2.00 bits per heavy atom. The topological polar surface area (TPSA) is 58.6 Å². The maximum atomic E-state index is 13.0. The number of nitrogens with zero attached hydrogens (tertiary/aromatic N) is 1. The van der Waals surface area contributed by atoms with E-state index in [0.29, 0.717) is 18.7 Å². The molecular formula is C20H21FN2O3. The van der Waals surface area contributed by atoms with Crippen LogP contribution in [-0.4, -0.2) is 36.4 Å². The number of nitrogens with one attached hydrogen (secondary N) is 1. The average Bonchev–Trinajstić information content (AvgIpc) is 2.96. The second-order valence-corrected chi connectivity index (χ2v) is 6.46. The summed E-state index contributed by atoms with van der Waals surface area (Å²) in [6.07, 6.45) is 0.266. The molecule has 136 valence electrons. The molecule has 6 heteroatoms. The Labute approximate surface area is 151 Å². The Bertz CT molecular complexity index is 820. The lowest BCUT2D eigenvalue weighted by atomic mass is 10.1. The molecule has 1 atom stereocenters. The standard InChI is InChI=1S/C20H21FN2O3/c1-13-9-15(5-8-18(13)26-2)20(25)22-17-10-19(24)23(12-17)11-14-3-6-16(21)7-4-14/h3-9,17H,10-12H2,1-2H3,(H,22,25)/t17-/m1/s1. The van der Waals surface area contributed by atoms with Crippen LogP contribution in [0.1, 0.15) is 27.9 Å². The van der Waals surface area contributed by atoms with Crippen LogP contribution in [0.4, 0.5) is 4.39 Å². The third kappa shape index (κ3) is 4.02. The molecular weight excluding hydrogens is 335 g/mol. The zero-order chi connectivity index (χ0) is 18.7. The number of carbonyl (C=O) groups excluding carboxylic acids is 2. The zero-order valence-corrected chi connectivity index (χ0v) is 14.8. The number of amides is 2. The smallest absolute Gasteiger partial charge is 0.251 e. The molecule has 0 spiro atoms. The first-order chi connectivity index (χ1) is 12.5. The van der Waals surface area contributed by atoms with Crippen molar-refractivity contribution in [2.24, 2.45) is 0 Å². The Kier molecular flexibility index (Phi) is 5.21. The van der Waals surface area contributed by atoms with Crippen LogP contribution < -0.4 is 10.1 Å². The summed E-state index contributed by atoms with van der Waals surface area (Å²) in [5.41, 5.74) is 2.27. The van der Waals surface area contributed by atoms with Gasteiger partial charge in [0.2, 0.25) is 5.91 Å².